The van der Waals surface area contributed by atoms with Crippen molar-refractivity contribution in [1.29, 1.82) is 0 Å². The van der Waals surface area contributed by atoms with Gasteiger partial charge in [-0.3, -0.25) is 4.79 Å². The van der Waals surface area contributed by atoms with Gasteiger partial charge in [-0.15, -0.1) is 0 Å². The summed E-state index contributed by atoms with van der Waals surface area (Å²) in [4.78, 5) is 18.0. The zero-order valence-corrected chi connectivity index (χ0v) is 19.4. The Morgan fingerprint density at radius 2 is 1.78 bits per heavy atom. The zero-order valence-electron chi connectivity index (χ0n) is 19.4. The third kappa shape index (κ3) is 4.50. The highest BCUT2D eigenvalue weighted by Crippen LogP contribution is 2.61. The van der Waals surface area contributed by atoms with Crippen LogP contribution in [-0.4, -0.2) is 28.6 Å². The van der Waals surface area contributed by atoms with Gasteiger partial charge < -0.3 is 15.7 Å². The fourth-order valence-corrected chi connectivity index (χ4v) is 7.35. The van der Waals surface area contributed by atoms with Crippen LogP contribution in [0.3, 0.4) is 0 Å². The number of anilines is 2. The highest BCUT2D eigenvalue weighted by atomic mass is 16.3. The van der Waals surface area contributed by atoms with Crippen molar-refractivity contribution in [3.05, 3.63) is 30.3 Å². The number of benzene rings is 1. The lowest BCUT2D eigenvalue weighted by Gasteiger charge is -2.56. The fraction of sp³-hybridized carbons (Fsp3) is 0.630. The number of para-hydroxylation sites is 1. The SMILES string of the molecule is CC(C)CC(CO)Nc1cc(NC(=O)CC23CC4CC(CC(C4)C2)C3)c2ccccc2n1. The molecule has 4 saturated carbocycles. The van der Waals surface area contributed by atoms with Gasteiger partial charge >= 0.3 is 0 Å². The van der Waals surface area contributed by atoms with Gasteiger partial charge in [0.2, 0.25) is 5.91 Å². The van der Waals surface area contributed by atoms with E-state index in [9.17, 15) is 9.90 Å². The van der Waals surface area contributed by atoms with E-state index in [1.54, 1.807) is 0 Å². The number of carbonyl (C=O) groups is 1. The van der Waals surface area contributed by atoms with E-state index >= 15 is 0 Å². The molecule has 6 rings (SSSR count). The Labute approximate surface area is 191 Å². The molecule has 4 bridgehead atoms. The predicted molar refractivity (Wildman–Crippen MR) is 130 cm³/mol. The van der Waals surface area contributed by atoms with Crippen molar-refractivity contribution in [2.24, 2.45) is 29.1 Å². The number of aliphatic hydroxyl groups is 1. The van der Waals surface area contributed by atoms with E-state index in [1.807, 2.05) is 30.3 Å². The summed E-state index contributed by atoms with van der Waals surface area (Å²) in [6.45, 7) is 4.35. The average Bonchev–Trinajstić information content (AvgIpc) is 2.71. The van der Waals surface area contributed by atoms with E-state index in [1.165, 1.54) is 38.5 Å². The molecule has 2 aromatic rings. The van der Waals surface area contributed by atoms with Crippen LogP contribution in [0.5, 0.6) is 0 Å². The molecule has 0 spiro atoms. The third-order valence-corrected chi connectivity index (χ3v) is 8.02. The van der Waals surface area contributed by atoms with Crippen LogP contribution in [0.4, 0.5) is 11.5 Å². The maximum Gasteiger partial charge on any atom is 0.224 e. The molecule has 172 valence electrons. The molecule has 0 aliphatic heterocycles. The van der Waals surface area contributed by atoms with E-state index in [2.05, 4.69) is 24.5 Å². The van der Waals surface area contributed by atoms with Crippen molar-refractivity contribution >= 4 is 28.3 Å². The molecule has 5 nitrogen and oxygen atoms in total. The Morgan fingerprint density at radius 1 is 1.12 bits per heavy atom. The second-order valence-corrected chi connectivity index (χ2v) is 11.4. The summed E-state index contributed by atoms with van der Waals surface area (Å²) >= 11 is 0. The smallest absolute Gasteiger partial charge is 0.224 e. The average molecular weight is 436 g/mol. The molecule has 4 aliphatic carbocycles. The third-order valence-electron chi connectivity index (χ3n) is 8.02. The molecule has 4 fully saturated rings. The van der Waals surface area contributed by atoms with Crippen molar-refractivity contribution in [2.75, 3.05) is 17.2 Å². The molecule has 1 aromatic heterocycles. The minimum Gasteiger partial charge on any atom is -0.394 e. The summed E-state index contributed by atoms with van der Waals surface area (Å²) in [6, 6.07) is 9.83. The molecule has 0 saturated heterocycles. The van der Waals surface area contributed by atoms with Crippen molar-refractivity contribution in [1.82, 2.24) is 4.98 Å². The topological polar surface area (TPSA) is 74.2 Å². The number of aliphatic hydroxyl groups excluding tert-OH is 1. The van der Waals surface area contributed by atoms with E-state index in [4.69, 9.17) is 4.98 Å². The minimum atomic E-state index is -0.0563. The standard InChI is InChI=1S/C27H37N3O2/c1-17(2)7-21(16-31)28-25-11-24(22-5-3-4-6-23(22)29-25)30-26(32)15-27-12-18-8-19(13-27)10-20(9-18)14-27/h3-6,11,17-21,31H,7-10,12-16H2,1-2H3,(H2,28,29,30,32). The van der Waals surface area contributed by atoms with E-state index in [-0.39, 0.29) is 24.0 Å². The molecule has 1 aromatic carbocycles. The van der Waals surface area contributed by atoms with Gasteiger partial charge in [0.1, 0.15) is 5.82 Å². The summed E-state index contributed by atoms with van der Waals surface area (Å²) in [5.74, 6) is 3.86. The maximum absolute atomic E-state index is 13.3. The van der Waals surface area contributed by atoms with Crippen LogP contribution >= 0.6 is 0 Å². The Balaban J connectivity index is 1.35. The molecule has 1 atom stereocenters. The minimum absolute atomic E-state index is 0.0560. The quantitative estimate of drug-likeness (QED) is 0.505. The monoisotopic (exact) mass is 435 g/mol. The van der Waals surface area contributed by atoms with Gasteiger partial charge in [0.15, 0.2) is 0 Å². The largest absolute Gasteiger partial charge is 0.394 e. The van der Waals surface area contributed by atoms with Gasteiger partial charge in [-0.2, -0.15) is 0 Å². The van der Waals surface area contributed by atoms with Crippen molar-refractivity contribution < 1.29 is 9.90 Å². The second-order valence-electron chi connectivity index (χ2n) is 11.4. The van der Waals surface area contributed by atoms with E-state index < -0.39 is 0 Å². The van der Waals surface area contributed by atoms with Gasteiger partial charge in [0.25, 0.3) is 0 Å². The van der Waals surface area contributed by atoms with Crippen LogP contribution in [0.15, 0.2) is 30.3 Å². The molecule has 4 aliphatic rings. The predicted octanol–water partition coefficient (Wildman–Crippen LogP) is 5.60. The number of rotatable bonds is 8. The van der Waals surface area contributed by atoms with E-state index in [0.29, 0.717) is 18.2 Å². The Kier molecular flexibility index (Phi) is 5.87. The molecule has 32 heavy (non-hydrogen) atoms. The van der Waals surface area contributed by atoms with Gasteiger partial charge in [-0.1, -0.05) is 32.0 Å². The summed E-state index contributed by atoms with van der Waals surface area (Å²) in [5, 5.41) is 17.4. The first kappa shape index (κ1) is 21.7. The van der Waals surface area contributed by atoms with Crippen LogP contribution < -0.4 is 10.6 Å². The van der Waals surface area contributed by atoms with Crippen LogP contribution in [-0.2, 0) is 4.79 Å². The number of amides is 1. The molecule has 1 amide bonds. The van der Waals surface area contributed by atoms with Gasteiger partial charge in [0.05, 0.1) is 23.9 Å². The number of aromatic nitrogens is 1. The number of nitrogens with one attached hydrogen (secondary N) is 2. The second kappa shape index (κ2) is 8.66. The highest BCUT2D eigenvalue weighted by molar-refractivity contribution is 6.02. The van der Waals surface area contributed by atoms with Crippen LogP contribution in [0.2, 0.25) is 0 Å². The van der Waals surface area contributed by atoms with E-state index in [0.717, 1.165) is 40.8 Å². The first-order valence-electron chi connectivity index (χ1n) is 12.5. The number of pyridine rings is 1. The van der Waals surface area contributed by atoms with Gasteiger partial charge in [0, 0.05) is 17.9 Å². The van der Waals surface area contributed by atoms with Crippen molar-refractivity contribution in [3.63, 3.8) is 0 Å². The first-order chi connectivity index (χ1) is 15.4. The van der Waals surface area contributed by atoms with Crippen LogP contribution in [0, 0.1) is 29.1 Å². The molecular weight excluding hydrogens is 398 g/mol. The molecule has 5 heteroatoms. The van der Waals surface area contributed by atoms with Gasteiger partial charge in [-0.05, 0) is 80.1 Å². The number of nitrogens with zero attached hydrogens (tertiary/aromatic N) is 1. The zero-order chi connectivity index (χ0) is 22.3. The molecule has 3 N–H and O–H groups in total. The number of carbonyl (C=O) groups excluding carboxylic acids is 1. The van der Waals surface area contributed by atoms with Crippen LogP contribution in [0.1, 0.15) is 65.2 Å². The number of hydrogen-bond donors (Lipinski definition) is 3. The van der Waals surface area contributed by atoms with Crippen LogP contribution in [0.25, 0.3) is 10.9 Å². The van der Waals surface area contributed by atoms with Gasteiger partial charge in [-0.25, -0.2) is 4.98 Å². The highest BCUT2D eigenvalue weighted by Gasteiger charge is 2.51. The molecule has 0 radical (unpaired) electrons. The summed E-state index contributed by atoms with van der Waals surface area (Å²) in [6.07, 6.45) is 9.41. The molecular formula is C27H37N3O2. The molecule has 1 heterocycles. The first-order valence-corrected chi connectivity index (χ1v) is 12.5. The van der Waals surface area contributed by atoms with Crippen molar-refractivity contribution in [3.8, 4) is 0 Å². The lowest BCUT2D eigenvalue weighted by Crippen LogP contribution is -2.47. The fourth-order valence-electron chi connectivity index (χ4n) is 7.35. The number of fused-ring (bicyclic) bond motifs is 1. The Bertz CT molecular complexity index is 951. The maximum atomic E-state index is 13.3. The lowest BCUT2D eigenvalue weighted by molar-refractivity contribution is -0.124. The summed E-state index contributed by atoms with van der Waals surface area (Å²) in [7, 11) is 0. The lowest BCUT2D eigenvalue weighted by atomic mass is 9.49. The number of hydrogen-bond acceptors (Lipinski definition) is 4. The van der Waals surface area contributed by atoms with Crippen molar-refractivity contribution in [2.45, 2.75) is 71.3 Å². The molecule has 1 unspecified atom stereocenters. The summed E-state index contributed by atoms with van der Waals surface area (Å²) < 4.78 is 0. The Hall–Kier alpha value is -2.14. The Morgan fingerprint density at radius 3 is 2.41 bits per heavy atom. The normalized spacial score (nSPS) is 29.4. The summed E-state index contributed by atoms with van der Waals surface area (Å²) in [5.41, 5.74) is 1.89.